The Kier molecular flexibility index (Phi) is 5.79. The fraction of sp³-hybridized carbons (Fsp3) is 0.385. The molecule has 0 aliphatic rings. The zero-order valence-electron chi connectivity index (χ0n) is 11.8. The van der Waals surface area contributed by atoms with E-state index in [1.54, 1.807) is 13.8 Å². The van der Waals surface area contributed by atoms with E-state index in [-0.39, 0.29) is 30.4 Å². The molecular weight excluding hydrogens is 278 g/mol. The maximum absolute atomic E-state index is 11.4. The molecule has 0 unspecified atom stereocenters. The lowest BCUT2D eigenvalue weighted by atomic mass is 10.1. The highest BCUT2D eigenvalue weighted by molar-refractivity contribution is 5.94. The summed E-state index contributed by atoms with van der Waals surface area (Å²) in [7, 11) is 0. The number of esters is 1. The predicted molar refractivity (Wildman–Crippen MR) is 75.4 cm³/mol. The molecule has 0 atom stereocenters. The van der Waals surface area contributed by atoms with Gasteiger partial charge in [-0.3, -0.25) is 19.7 Å². The first-order valence-corrected chi connectivity index (χ1v) is 6.29. The first kappa shape index (κ1) is 16.6. The van der Waals surface area contributed by atoms with Gasteiger partial charge in [-0.05, 0) is 11.6 Å². The summed E-state index contributed by atoms with van der Waals surface area (Å²) >= 11 is 0. The Labute approximate surface area is 121 Å². The Hall–Kier alpha value is -2.48. The number of hydrogen-bond acceptors (Lipinski definition) is 6. The molecule has 1 aromatic rings. The molecule has 0 bridgehead atoms. The largest absolute Gasteiger partial charge is 0.461 e. The first-order valence-electron chi connectivity index (χ1n) is 6.29. The van der Waals surface area contributed by atoms with E-state index in [1.165, 1.54) is 18.2 Å². The molecule has 1 rings (SSSR count). The van der Waals surface area contributed by atoms with Gasteiger partial charge in [0, 0.05) is 6.07 Å². The van der Waals surface area contributed by atoms with Gasteiger partial charge < -0.3 is 15.8 Å². The second-order valence-electron chi connectivity index (χ2n) is 4.62. The van der Waals surface area contributed by atoms with Crippen molar-refractivity contribution in [2.24, 2.45) is 11.7 Å². The molecule has 8 heteroatoms. The van der Waals surface area contributed by atoms with Gasteiger partial charge in [0.15, 0.2) is 0 Å². The first-order chi connectivity index (χ1) is 9.85. The molecule has 0 fully saturated rings. The number of anilines is 1. The Bertz CT molecular complexity index is 557. The van der Waals surface area contributed by atoms with Gasteiger partial charge in [-0.1, -0.05) is 19.9 Å². The van der Waals surface area contributed by atoms with Crippen molar-refractivity contribution in [3.63, 3.8) is 0 Å². The highest BCUT2D eigenvalue weighted by atomic mass is 16.6. The molecule has 1 aromatic carbocycles. The second-order valence-corrected chi connectivity index (χ2v) is 4.62. The Balaban J connectivity index is 2.90. The molecular formula is C13H17N3O5. The van der Waals surface area contributed by atoms with Crippen LogP contribution in [-0.2, 0) is 20.9 Å². The quantitative estimate of drug-likeness (QED) is 0.461. The van der Waals surface area contributed by atoms with Crippen LogP contribution in [0.3, 0.4) is 0 Å². The summed E-state index contributed by atoms with van der Waals surface area (Å²) in [6.45, 7) is 3.04. The van der Waals surface area contributed by atoms with Crippen LogP contribution in [0.1, 0.15) is 19.4 Å². The average molecular weight is 295 g/mol. The second kappa shape index (κ2) is 7.34. The number of benzene rings is 1. The highest BCUT2D eigenvalue weighted by Gasteiger charge is 2.17. The lowest BCUT2D eigenvalue weighted by molar-refractivity contribution is -0.384. The average Bonchev–Trinajstić information content (AvgIpc) is 2.45. The van der Waals surface area contributed by atoms with Gasteiger partial charge in [-0.15, -0.1) is 0 Å². The molecule has 0 aliphatic heterocycles. The summed E-state index contributed by atoms with van der Waals surface area (Å²) in [6.07, 6.45) is 0. The summed E-state index contributed by atoms with van der Waals surface area (Å²) < 4.78 is 5.00. The third-order valence-electron chi connectivity index (χ3n) is 2.57. The van der Waals surface area contributed by atoms with Crippen LogP contribution < -0.4 is 11.1 Å². The van der Waals surface area contributed by atoms with E-state index in [1.807, 2.05) is 0 Å². The zero-order chi connectivity index (χ0) is 16.0. The number of hydrogen-bond donors (Lipinski definition) is 2. The Morgan fingerprint density at radius 2 is 2.10 bits per heavy atom. The molecule has 1 amide bonds. The number of nitrogens with two attached hydrogens (primary N) is 1. The minimum atomic E-state index is -0.625. The summed E-state index contributed by atoms with van der Waals surface area (Å²) in [5.41, 5.74) is 5.37. The van der Waals surface area contributed by atoms with E-state index in [0.29, 0.717) is 5.56 Å². The van der Waals surface area contributed by atoms with Crippen molar-refractivity contribution in [2.75, 3.05) is 11.9 Å². The van der Waals surface area contributed by atoms with Crippen LogP contribution in [0.25, 0.3) is 0 Å². The van der Waals surface area contributed by atoms with Crippen LogP contribution in [0.2, 0.25) is 0 Å². The van der Waals surface area contributed by atoms with Crippen molar-refractivity contribution in [3.8, 4) is 0 Å². The van der Waals surface area contributed by atoms with Crippen molar-refractivity contribution in [1.82, 2.24) is 0 Å². The van der Waals surface area contributed by atoms with Crippen LogP contribution in [0, 0.1) is 16.0 Å². The summed E-state index contributed by atoms with van der Waals surface area (Å²) in [5.74, 6) is -1.20. The number of nitro benzene ring substituents is 1. The van der Waals surface area contributed by atoms with Gasteiger partial charge >= 0.3 is 5.97 Å². The van der Waals surface area contributed by atoms with Crippen molar-refractivity contribution in [3.05, 3.63) is 33.9 Å². The molecule has 8 nitrogen and oxygen atoms in total. The van der Waals surface area contributed by atoms with Crippen molar-refractivity contribution < 1.29 is 19.2 Å². The smallest absolute Gasteiger partial charge is 0.308 e. The van der Waals surface area contributed by atoms with Crippen LogP contribution in [0.5, 0.6) is 0 Å². The van der Waals surface area contributed by atoms with E-state index in [9.17, 15) is 19.7 Å². The number of nitro groups is 1. The number of amides is 1. The third kappa shape index (κ3) is 4.84. The van der Waals surface area contributed by atoms with E-state index in [2.05, 4.69) is 5.32 Å². The molecule has 0 heterocycles. The minimum Gasteiger partial charge on any atom is -0.461 e. The lowest BCUT2D eigenvalue weighted by Gasteiger charge is -2.09. The van der Waals surface area contributed by atoms with Crippen LogP contribution in [0.4, 0.5) is 11.4 Å². The zero-order valence-corrected chi connectivity index (χ0v) is 11.8. The Morgan fingerprint density at radius 3 is 2.62 bits per heavy atom. The van der Waals surface area contributed by atoms with E-state index < -0.39 is 16.8 Å². The number of carbonyl (C=O) groups is 2. The summed E-state index contributed by atoms with van der Waals surface area (Å²) in [6, 6.07) is 4.16. The maximum atomic E-state index is 11.4. The summed E-state index contributed by atoms with van der Waals surface area (Å²) in [5, 5.41) is 13.3. The van der Waals surface area contributed by atoms with E-state index >= 15 is 0 Å². The van der Waals surface area contributed by atoms with Crippen molar-refractivity contribution in [2.45, 2.75) is 20.5 Å². The minimum absolute atomic E-state index is 0.0504. The van der Waals surface area contributed by atoms with Crippen LogP contribution in [-0.4, -0.2) is 23.3 Å². The number of carbonyl (C=O) groups excluding carboxylic acids is 2. The molecule has 0 saturated carbocycles. The van der Waals surface area contributed by atoms with Crippen LogP contribution >= 0.6 is 0 Å². The molecule has 0 saturated heterocycles. The number of rotatable bonds is 6. The molecule has 0 spiro atoms. The monoisotopic (exact) mass is 295 g/mol. The molecule has 0 aromatic heterocycles. The fourth-order valence-corrected chi connectivity index (χ4v) is 1.45. The van der Waals surface area contributed by atoms with Crippen molar-refractivity contribution >= 4 is 23.3 Å². The molecule has 0 radical (unpaired) electrons. The number of nitrogens with one attached hydrogen (secondary N) is 1. The Morgan fingerprint density at radius 1 is 1.43 bits per heavy atom. The van der Waals surface area contributed by atoms with Gasteiger partial charge in [-0.2, -0.15) is 0 Å². The van der Waals surface area contributed by atoms with Crippen LogP contribution in [0.15, 0.2) is 18.2 Å². The topological polar surface area (TPSA) is 125 Å². The normalized spacial score (nSPS) is 10.3. The highest BCUT2D eigenvalue weighted by Crippen LogP contribution is 2.26. The number of ether oxygens (including phenoxy) is 1. The van der Waals surface area contributed by atoms with E-state index in [0.717, 1.165) is 0 Å². The predicted octanol–water partition coefficient (Wildman–Crippen LogP) is 1.19. The molecule has 3 N–H and O–H groups in total. The standard InChI is InChI=1S/C13H17N3O5/c1-8(2)13(18)21-7-9-3-4-10(15-12(17)6-14)11(5-9)16(19)20/h3-5,8H,6-7,14H2,1-2H3,(H,15,17). The maximum Gasteiger partial charge on any atom is 0.308 e. The lowest BCUT2D eigenvalue weighted by Crippen LogP contribution is -2.22. The molecule has 21 heavy (non-hydrogen) atoms. The fourth-order valence-electron chi connectivity index (χ4n) is 1.45. The van der Waals surface area contributed by atoms with Gasteiger partial charge in [-0.25, -0.2) is 0 Å². The van der Waals surface area contributed by atoms with Gasteiger partial charge in [0.2, 0.25) is 5.91 Å². The van der Waals surface area contributed by atoms with Gasteiger partial charge in [0.05, 0.1) is 17.4 Å². The van der Waals surface area contributed by atoms with Gasteiger partial charge in [0.25, 0.3) is 5.69 Å². The third-order valence-corrected chi connectivity index (χ3v) is 2.57. The van der Waals surface area contributed by atoms with Gasteiger partial charge in [0.1, 0.15) is 12.3 Å². The van der Waals surface area contributed by atoms with Crippen molar-refractivity contribution in [1.29, 1.82) is 0 Å². The summed E-state index contributed by atoms with van der Waals surface area (Å²) in [4.78, 5) is 32.9. The number of nitrogens with zero attached hydrogens (tertiary/aromatic N) is 1. The van der Waals surface area contributed by atoms with E-state index in [4.69, 9.17) is 10.5 Å². The molecule has 114 valence electrons. The molecule has 0 aliphatic carbocycles. The SMILES string of the molecule is CC(C)C(=O)OCc1ccc(NC(=O)CN)c([N+](=O)[O-])c1.